The molecule has 1 saturated heterocycles. The van der Waals surface area contributed by atoms with Crippen molar-refractivity contribution < 1.29 is 17.9 Å². The normalized spacial score (nSPS) is 15.2. The molecule has 2 N–H and O–H groups in total. The summed E-state index contributed by atoms with van der Waals surface area (Å²) < 4.78 is 32.8. The molecule has 1 aliphatic rings. The van der Waals surface area contributed by atoms with Gasteiger partial charge in [0.05, 0.1) is 11.5 Å². The van der Waals surface area contributed by atoms with Crippen LogP contribution in [0.4, 0.5) is 5.69 Å². The van der Waals surface area contributed by atoms with Crippen LogP contribution in [-0.4, -0.2) is 68.5 Å². The molecule has 34 heavy (non-hydrogen) atoms. The van der Waals surface area contributed by atoms with E-state index in [0.717, 1.165) is 6.42 Å². The number of amides is 1. The molecule has 0 bridgehead atoms. The number of rotatable bonds is 8. The van der Waals surface area contributed by atoms with Crippen LogP contribution in [0.1, 0.15) is 30.6 Å². The van der Waals surface area contributed by atoms with Gasteiger partial charge in [-0.15, -0.1) is 0 Å². The van der Waals surface area contributed by atoms with Crippen LogP contribution in [-0.2, 0) is 10.0 Å². The summed E-state index contributed by atoms with van der Waals surface area (Å²) in [4.78, 5) is 14.8. The van der Waals surface area contributed by atoms with Gasteiger partial charge in [0.15, 0.2) is 5.11 Å². The Kier molecular flexibility index (Phi) is 9.01. The molecule has 1 fully saturated rings. The van der Waals surface area contributed by atoms with Gasteiger partial charge in [0.2, 0.25) is 10.0 Å². The van der Waals surface area contributed by atoms with Crippen molar-refractivity contribution in [3.8, 4) is 5.75 Å². The highest BCUT2D eigenvalue weighted by atomic mass is 32.2. The number of thiocarbonyl (C=S) groups is 1. The average Bonchev–Trinajstić information content (AvgIpc) is 2.80. The van der Waals surface area contributed by atoms with Crippen LogP contribution >= 0.6 is 12.2 Å². The van der Waals surface area contributed by atoms with Crippen molar-refractivity contribution in [1.29, 1.82) is 0 Å². The summed E-state index contributed by atoms with van der Waals surface area (Å²) >= 11 is 5.24. The third-order valence-electron chi connectivity index (χ3n) is 5.52. The number of benzene rings is 2. The van der Waals surface area contributed by atoms with Crippen molar-refractivity contribution in [2.45, 2.75) is 25.2 Å². The summed E-state index contributed by atoms with van der Waals surface area (Å²) in [6, 6.07) is 13.2. The number of sulfonamides is 1. The van der Waals surface area contributed by atoms with Gasteiger partial charge < -0.3 is 15.0 Å². The average molecular weight is 505 g/mol. The molecular weight excluding hydrogens is 472 g/mol. The first kappa shape index (κ1) is 26.1. The molecular formula is C24H32N4O4S2. The predicted molar refractivity (Wildman–Crippen MR) is 138 cm³/mol. The zero-order valence-corrected chi connectivity index (χ0v) is 21.4. The molecule has 0 aromatic heterocycles. The second-order valence-corrected chi connectivity index (χ2v) is 11.0. The van der Waals surface area contributed by atoms with E-state index in [-0.39, 0.29) is 15.9 Å². The maximum Gasteiger partial charge on any atom is 0.257 e. The maximum atomic E-state index is 12.8. The summed E-state index contributed by atoms with van der Waals surface area (Å²) in [6.45, 7) is 7.27. The maximum absolute atomic E-state index is 12.8. The van der Waals surface area contributed by atoms with E-state index in [1.54, 1.807) is 48.5 Å². The highest BCUT2D eigenvalue weighted by Crippen LogP contribution is 2.20. The van der Waals surface area contributed by atoms with Crippen molar-refractivity contribution >= 4 is 38.9 Å². The zero-order valence-electron chi connectivity index (χ0n) is 19.8. The number of anilines is 1. The van der Waals surface area contributed by atoms with E-state index in [2.05, 4.69) is 29.4 Å². The molecule has 0 unspecified atom stereocenters. The number of nitrogens with zero attached hydrogens (tertiary/aromatic N) is 2. The first-order chi connectivity index (χ1) is 16.1. The van der Waals surface area contributed by atoms with Gasteiger partial charge in [-0.3, -0.25) is 10.1 Å². The van der Waals surface area contributed by atoms with Crippen LogP contribution in [0.2, 0.25) is 0 Å². The van der Waals surface area contributed by atoms with Crippen LogP contribution < -0.4 is 15.4 Å². The van der Waals surface area contributed by atoms with Crippen LogP contribution in [0.3, 0.4) is 0 Å². The highest BCUT2D eigenvalue weighted by Gasteiger charge is 2.27. The molecule has 0 atom stereocenters. The SMILES string of the molecule is CC(C)CCOc1ccc(C(=O)NC(=S)Nc2ccc(S(=O)(=O)N3CCN(C)CC3)cc2)cc1. The summed E-state index contributed by atoms with van der Waals surface area (Å²) in [5.74, 6) is 0.932. The Morgan fingerprint density at radius 1 is 1.03 bits per heavy atom. The number of piperazine rings is 1. The van der Waals surface area contributed by atoms with Gasteiger partial charge in [0.25, 0.3) is 5.91 Å². The molecule has 8 nitrogen and oxygen atoms in total. The first-order valence-electron chi connectivity index (χ1n) is 11.3. The van der Waals surface area contributed by atoms with Crippen molar-refractivity contribution in [3.63, 3.8) is 0 Å². The van der Waals surface area contributed by atoms with E-state index in [1.165, 1.54) is 4.31 Å². The first-order valence-corrected chi connectivity index (χ1v) is 13.1. The van der Waals surface area contributed by atoms with E-state index >= 15 is 0 Å². The minimum absolute atomic E-state index is 0.122. The Bertz CT molecular complexity index is 1080. The Labute approximate surface area is 207 Å². The van der Waals surface area contributed by atoms with Gasteiger partial charge in [-0.1, -0.05) is 13.8 Å². The zero-order chi connectivity index (χ0) is 24.7. The number of hydrogen-bond acceptors (Lipinski definition) is 6. The van der Waals surface area contributed by atoms with Gasteiger partial charge >= 0.3 is 0 Å². The van der Waals surface area contributed by atoms with Gasteiger partial charge in [-0.05, 0) is 80.1 Å². The number of carbonyl (C=O) groups is 1. The molecule has 0 aliphatic carbocycles. The highest BCUT2D eigenvalue weighted by molar-refractivity contribution is 7.89. The second kappa shape index (κ2) is 11.7. The lowest BCUT2D eigenvalue weighted by Gasteiger charge is -2.31. The van der Waals surface area contributed by atoms with E-state index < -0.39 is 10.0 Å². The molecule has 1 aliphatic heterocycles. The fraction of sp³-hybridized carbons (Fsp3) is 0.417. The molecule has 3 rings (SSSR count). The largest absolute Gasteiger partial charge is 0.494 e. The van der Waals surface area contributed by atoms with E-state index in [4.69, 9.17) is 17.0 Å². The van der Waals surface area contributed by atoms with E-state index in [0.29, 0.717) is 55.7 Å². The summed E-state index contributed by atoms with van der Waals surface area (Å²) in [5, 5.41) is 5.67. The number of ether oxygens (including phenoxy) is 1. The third kappa shape index (κ3) is 7.23. The van der Waals surface area contributed by atoms with Gasteiger partial charge in [-0.2, -0.15) is 4.31 Å². The fourth-order valence-corrected chi connectivity index (χ4v) is 4.97. The quantitative estimate of drug-likeness (QED) is 0.534. The van der Waals surface area contributed by atoms with Crippen LogP contribution in [0, 0.1) is 5.92 Å². The molecule has 2 aromatic carbocycles. The fourth-order valence-electron chi connectivity index (χ4n) is 3.34. The number of likely N-dealkylation sites (N-methyl/N-ethyl adjacent to an activating group) is 1. The van der Waals surface area contributed by atoms with Gasteiger partial charge in [0, 0.05) is 37.4 Å². The minimum Gasteiger partial charge on any atom is -0.494 e. The lowest BCUT2D eigenvalue weighted by Crippen LogP contribution is -2.46. The van der Waals surface area contributed by atoms with E-state index in [9.17, 15) is 13.2 Å². The predicted octanol–water partition coefficient (Wildman–Crippen LogP) is 3.17. The van der Waals surface area contributed by atoms with E-state index in [1.807, 2.05) is 7.05 Å². The van der Waals surface area contributed by atoms with Crippen LogP contribution in [0.15, 0.2) is 53.4 Å². The molecule has 1 heterocycles. The summed E-state index contributed by atoms with van der Waals surface area (Å²) in [5.41, 5.74) is 1.03. The number of hydrogen-bond donors (Lipinski definition) is 2. The third-order valence-corrected chi connectivity index (χ3v) is 7.64. The molecule has 184 valence electrons. The van der Waals surface area contributed by atoms with Gasteiger partial charge in [-0.25, -0.2) is 8.42 Å². The molecule has 1 amide bonds. The van der Waals surface area contributed by atoms with Crippen LogP contribution in [0.5, 0.6) is 5.75 Å². The van der Waals surface area contributed by atoms with Crippen molar-refractivity contribution in [2.24, 2.45) is 5.92 Å². The Hall–Kier alpha value is -2.53. The van der Waals surface area contributed by atoms with Crippen molar-refractivity contribution in [1.82, 2.24) is 14.5 Å². The Morgan fingerprint density at radius 3 is 2.24 bits per heavy atom. The van der Waals surface area contributed by atoms with Gasteiger partial charge in [0.1, 0.15) is 5.75 Å². The number of carbonyl (C=O) groups excluding carboxylic acids is 1. The van der Waals surface area contributed by atoms with Crippen molar-refractivity contribution in [2.75, 3.05) is 45.2 Å². The monoisotopic (exact) mass is 504 g/mol. The molecule has 0 radical (unpaired) electrons. The topological polar surface area (TPSA) is 91.0 Å². The summed E-state index contributed by atoms with van der Waals surface area (Å²) in [7, 11) is -1.56. The Balaban J connectivity index is 1.52. The second-order valence-electron chi connectivity index (χ2n) is 8.70. The van der Waals surface area contributed by atoms with Crippen LogP contribution in [0.25, 0.3) is 0 Å². The lowest BCUT2D eigenvalue weighted by molar-refractivity contribution is 0.0977. The molecule has 0 saturated carbocycles. The minimum atomic E-state index is -3.53. The van der Waals surface area contributed by atoms with Crippen molar-refractivity contribution in [3.05, 3.63) is 54.1 Å². The molecule has 0 spiro atoms. The number of nitrogens with one attached hydrogen (secondary N) is 2. The smallest absolute Gasteiger partial charge is 0.257 e. The standard InChI is InChI=1S/C24H32N4O4S2/c1-18(2)12-17-32-21-8-4-19(5-9-21)23(29)26-24(33)25-20-6-10-22(11-7-20)34(30,31)28-15-13-27(3)14-16-28/h4-11,18H,12-17H2,1-3H3,(H2,25,26,29,33). The summed E-state index contributed by atoms with van der Waals surface area (Å²) in [6.07, 6.45) is 0.963. The lowest BCUT2D eigenvalue weighted by atomic mass is 10.1. The molecule has 2 aromatic rings. The Morgan fingerprint density at radius 2 is 1.65 bits per heavy atom. The molecule has 10 heteroatoms.